The Labute approximate surface area is 111 Å². The fourth-order valence-corrected chi connectivity index (χ4v) is 2.05. The van der Waals surface area contributed by atoms with Crippen molar-refractivity contribution in [2.45, 2.75) is 6.42 Å². The smallest absolute Gasteiger partial charge is 0.290 e. The Kier molecular flexibility index (Phi) is 3.88. The van der Waals surface area contributed by atoms with E-state index in [1.807, 2.05) is 13.1 Å². The molecule has 2 amide bonds. The van der Waals surface area contributed by atoms with Crippen LogP contribution in [0, 0.1) is 0 Å². The van der Waals surface area contributed by atoms with Gasteiger partial charge in [0.25, 0.3) is 11.1 Å². The van der Waals surface area contributed by atoms with Crippen molar-refractivity contribution in [3.63, 3.8) is 0 Å². The van der Waals surface area contributed by atoms with Crippen molar-refractivity contribution in [1.82, 2.24) is 5.32 Å². The molecular weight excluding hydrogens is 252 g/mol. The lowest BCUT2D eigenvalue weighted by Gasteiger charge is -2.26. The van der Waals surface area contributed by atoms with Crippen molar-refractivity contribution in [2.75, 3.05) is 25.1 Å². The quantitative estimate of drug-likeness (QED) is 0.808. The highest BCUT2D eigenvalue weighted by Gasteiger charge is 2.29. The molecule has 0 aromatic heterocycles. The second kappa shape index (κ2) is 5.41. The first-order chi connectivity index (χ1) is 8.63. The van der Waals surface area contributed by atoms with Crippen LogP contribution in [0.25, 0.3) is 0 Å². The van der Waals surface area contributed by atoms with Crippen LogP contribution in [-0.2, 0) is 11.2 Å². The number of thiol groups is 1. The van der Waals surface area contributed by atoms with Gasteiger partial charge in [-0.25, -0.2) is 4.90 Å². The topological polar surface area (TPSA) is 58.6 Å². The normalized spacial score (nSPS) is 14.1. The molecule has 0 atom stereocenters. The van der Waals surface area contributed by atoms with Crippen LogP contribution < -0.4 is 15.0 Å². The van der Waals surface area contributed by atoms with Crippen molar-refractivity contribution < 1.29 is 14.3 Å². The standard InChI is InChI=1S/C12H14N2O3S/c1-13-5-4-8-2-3-10-9(6-8)14(12(16)18)11(15)7-17-10/h2-3,6,13H,4-5,7H2,1H3,(H,16,18). The summed E-state index contributed by atoms with van der Waals surface area (Å²) in [7, 11) is 1.87. The van der Waals surface area contributed by atoms with Crippen LogP contribution in [0.5, 0.6) is 5.75 Å². The molecule has 0 fully saturated rings. The van der Waals surface area contributed by atoms with E-state index in [0.717, 1.165) is 23.4 Å². The molecule has 1 aliphatic rings. The zero-order valence-electron chi connectivity index (χ0n) is 9.97. The Hall–Kier alpha value is -1.53. The minimum Gasteiger partial charge on any atom is -0.482 e. The van der Waals surface area contributed by atoms with Crippen LogP contribution in [0.2, 0.25) is 0 Å². The van der Waals surface area contributed by atoms with E-state index in [1.54, 1.807) is 12.1 Å². The maximum Gasteiger partial charge on any atom is 0.290 e. The molecule has 2 rings (SSSR count). The number of fused-ring (bicyclic) bond motifs is 1. The number of benzene rings is 1. The number of carbonyl (C=O) groups excluding carboxylic acids is 2. The lowest BCUT2D eigenvalue weighted by Crippen LogP contribution is -2.40. The molecule has 0 unspecified atom stereocenters. The van der Waals surface area contributed by atoms with E-state index >= 15 is 0 Å². The lowest BCUT2D eigenvalue weighted by atomic mass is 10.1. The number of rotatable bonds is 3. The van der Waals surface area contributed by atoms with Gasteiger partial charge in [-0.05, 0) is 37.7 Å². The van der Waals surface area contributed by atoms with Gasteiger partial charge < -0.3 is 10.1 Å². The molecule has 1 aromatic rings. The molecule has 1 heterocycles. The molecule has 0 aliphatic carbocycles. The molecule has 1 aliphatic heterocycles. The molecule has 1 aromatic carbocycles. The zero-order valence-corrected chi connectivity index (χ0v) is 10.9. The van der Waals surface area contributed by atoms with Gasteiger partial charge in [0.1, 0.15) is 5.75 Å². The van der Waals surface area contributed by atoms with E-state index < -0.39 is 11.1 Å². The summed E-state index contributed by atoms with van der Waals surface area (Å²) in [6.07, 6.45) is 0.812. The van der Waals surface area contributed by atoms with E-state index in [2.05, 4.69) is 17.9 Å². The van der Waals surface area contributed by atoms with Crippen molar-refractivity contribution in [1.29, 1.82) is 0 Å². The first-order valence-electron chi connectivity index (χ1n) is 5.59. The molecular formula is C12H14N2O3S. The largest absolute Gasteiger partial charge is 0.482 e. The first kappa shape index (κ1) is 12.9. The summed E-state index contributed by atoms with van der Waals surface area (Å²) in [6, 6.07) is 5.49. The van der Waals surface area contributed by atoms with Crippen LogP contribution in [0.4, 0.5) is 10.5 Å². The Morgan fingerprint density at radius 2 is 2.33 bits per heavy atom. The van der Waals surface area contributed by atoms with Gasteiger partial charge in [-0.2, -0.15) is 0 Å². The average Bonchev–Trinajstić information content (AvgIpc) is 2.35. The van der Waals surface area contributed by atoms with Gasteiger partial charge in [0.15, 0.2) is 6.61 Å². The number of likely N-dealkylation sites (N-methyl/N-ethyl adjacent to an activating group) is 1. The van der Waals surface area contributed by atoms with E-state index in [-0.39, 0.29) is 6.61 Å². The SMILES string of the molecule is CNCCc1ccc2c(c1)N(C(=O)S)C(=O)CO2. The van der Waals surface area contributed by atoms with Crippen LogP contribution in [0.15, 0.2) is 18.2 Å². The van der Waals surface area contributed by atoms with Crippen molar-refractivity contribution in [3.8, 4) is 5.75 Å². The van der Waals surface area contributed by atoms with Crippen LogP contribution in [0.1, 0.15) is 5.56 Å². The molecule has 0 spiro atoms. The number of nitrogens with one attached hydrogen (secondary N) is 1. The van der Waals surface area contributed by atoms with Gasteiger partial charge in [-0.1, -0.05) is 18.7 Å². The summed E-state index contributed by atoms with van der Waals surface area (Å²) >= 11 is 3.73. The molecule has 0 saturated heterocycles. The van der Waals surface area contributed by atoms with Crippen LogP contribution in [0.3, 0.4) is 0 Å². The zero-order chi connectivity index (χ0) is 13.1. The number of imide groups is 1. The van der Waals surface area contributed by atoms with Crippen LogP contribution >= 0.6 is 12.6 Å². The third-order valence-electron chi connectivity index (χ3n) is 2.72. The predicted octanol–water partition coefficient (Wildman–Crippen LogP) is 1.22. The Balaban J connectivity index is 2.35. The van der Waals surface area contributed by atoms with E-state index in [0.29, 0.717) is 11.4 Å². The lowest BCUT2D eigenvalue weighted by molar-refractivity contribution is -0.120. The van der Waals surface area contributed by atoms with Gasteiger partial charge in [0, 0.05) is 0 Å². The third-order valence-corrected chi connectivity index (χ3v) is 2.92. The van der Waals surface area contributed by atoms with Gasteiger partial charge in [0.05, 0.1) is 5.69 Å². The highest BCUT2D eigenvalue weighted by Crippen LogP contribution is 2.33. The van der Waals surface area contributed by atoms with E-state index in [1.165, 1.54) is 0 Å². The minimum atomic E-state index is -0.588. The maximum atomic E-state index is 11.6. The molecule has 0 radical (unpaired) electrons. The Morgan fingerprint density at radius 1 is 1.56 bits per heavy atom. The second-order valence-corrected chi connectivity index (χ2v) is 4.34. The molecule has 0 bridgehead atoms. The fraction of sp³-hybridized carbons (Fsp3) is 0.333. The molecule has 18 heavy (non-hydrogen) atoms. The number of hydrogen-bond acceptors (Lipinski definition) is 4. The molecule has 1 N–H and O–H groups in total. The summed E-state index contributed by atoms with van der Waals surface area (Å²) in [5.74, 6) is 0.137. The fourth-order valence-electron chi connectivity index (χ4n) is 1.83. The van der Waals surface area contributed by atoms with E-state index in [4.69, 9.17) is 4.74 Å². The number of nitrogens with zero attached hydrogens (tertiary/aromatic N) is 1. The van der Waals surface area contributed by atoms with E-state index in [9.17, 15) is 9.59 Å². The molecule has 0 saturated carbocycles. The first-order valence-corrected chi connectivity index (χ1v) is 6.04. The Bertz CT molecular complexity index is 490. The summed E-state index contributed by atoms with van der Waals surface area (Å²) in [5, 5.41) is 2.46. The van der Waals surface area contributed by atoms with Crippen molar-refractivity contribution in [2.24, 2.45) is 0 Å². The van der Waals surface area contributed by atoms with Crippen molar-refractivity contribution in [3.05, 3.63) is 23.8 Å². The number of hydrogen-bond donors (Lipinski definition) is 2. The molecule has 5 nitrogen and oxygen atoms in total. The highest BCUT2D eigenvalue weighted by molar-refractivity contribution is 7.97. The molecule has 96 valence electrons. The van der Waals surface area contributed by atoms with Gasteiger partial charge in [0.2, 0.25) is 0 Å². The summed E-state index contributed by atoms with van der Waals surface area (Å²) in [6.45, 7) is 0.692. The average molecular weight is 266 g/mol. The summed E-state index contributed by atoms with van der Waals surface area (Å²) in [5.41, 5.74) is 1.50. The third kappa shape index (κ3) is 2.49. The monoisotopic (exact) mass is 266 g/mol. The maximum absolute atomic E-state index is 11.6. The second-order valence-electron chi connectivity index (χ2n) is 3.96. The number of amides is 2. The number of carbonyl (C=O) groups is 2. The van der Waals surface area contributed by atoms with Crippen molar-refractivity contribution >= 4 is 29.5 Å². The minimum absolute atomic E-state index is 0.130. The summed E-state index contributed by atoms with van der Waals surface area (Å²) < 4.78 is 5.28. The van der Waals surface area contributed by atoms with Gasteiger partial charge in [-0.3, -0.25) is 9.59 Å². The van der Waals surface area contributed by atoms with Gasteiger partial charge in [-0.15, -0.1) is 0 Å². The number of ether oxygens (including phenoxy) is 1. The molecule has 6 heteroatoms. The van der Waals surface area contributed by atoms with Gasteiger partial charge >= 0.3 is 0 Å². The highest BCUT2D eigenvalue weighted by atomic mass is 32.1. The number of anilines is 1. The summed E-state index contributed by atoms with van der Waals surface area (Å²) in [4.78, 5) is 24.1. The predicted molar refractivity (Wildman–Crippen MR) is 71.4 cm³/mol. The Morgan fingerprint density at radius 3 is 3.00 bits per heavy atom. The van der Waals surface area contributed by atoms with Crippen LogP contribution in [-0.4, -0.2) is 31.3 Å².